The first-order valence-electron chi connectivity index (χ1n) is 6.99. The van der Waals surface area contributed by atoms with Crippen molar-refractivity contribution in [1.29, 1.82) is 5.26 Å². The van der Waals surface area contributed by atoms with E-state index in [1.165, 1.54) is 0 Å². The SMILES string of the molecule is N#Cc1ccc2nccc(OCC3[C@H]4CNC[C@@H]34)c2c1. The van der Waals surface area contributed by atoms with Crippen molar-refractivity contribution in [2.75, 3.05) is 19.7 Å². The van der Waals surface area contributed by atoms with E-state index in [1.54, 1.807) is 12.3 Å². The highest BCUT2D eigenvalue weighted by atomic mass is 16.5. The zero-order valence-corrected chi connectivity index (χ0v) is 11.0. The molecule has 4 nitrogen and oxygen atoms in total. The molecular weight excluding hydrogens is 250 g/mol. The number of hydrogen-bond acceptors (Lipinski definition) is 4. The number of pyridine rings is 1. The van der Waals surface area contributed by atoms with Crippen molar-refractivity contribution in [3.05, 3.63) is 36.0 Å². The number of benzene rings is 1. The summed E-state index contributed by atoms with van der Waals surface area (Å²) >= 11 is 0. The third-order valence-electron chi connectivity index (χ3n) is 4.53. The third kappa shape index (κ3) is 1.83. The van der Waals surface area contributed by atoms with Crippen LogP contribution in [0.25, 0.3) is 10.9 Å². The van der Waals surface area contributed by atoms with E-state index < -0.39 is 0 Å². The number of nitriles is 1. The molecule has 1 N–H and O–H groups in total. The lowest BCUT2D eigenvalue weighted by Crippen LogP contribution is -2.17. The van der Waals surface area contributed by atoms with Crippen molar-refractivity contribution in [3.8, 4) is 11.8 Å². The van der Waals surface area contributed by atoms with Crippen molar-refractivity contribution in [3.63, 3.8) is 0 Å². The van der Waals surface area contributed by atoms with Gasteiger partial charge < -0.3 is 10.1 Å². The van der Waals surface area contributed by atoms with Crippen LogP contribution in [0.2, 0.25) is 0 Å². The summed E-state index contributed by atoms with van der Waals surface area (Å²) in [6.45, 7) is 3.04. The standard InChI is InChI=1S/C16H15N3O/c17-6-10-1-2-15-11(5-10)16(3-4-19-15)20-9-14-12-7-18-8-13(12)14/h1-5,12-14,18H,7-9H2/t12-,13+,14?. The van der Waals surface area contributed by atoms with Gasteiger partial charge in [0.1, 0.15) is 5.75 Å². The summed E-state index contributed by atoms with van der Waals surface area (Å²) in [7, 11) is 0. The number of fused-ring (bicyclic) bond motifs is 2. The largest absolute Gasteiger partial charge is 0.493 e. The summed E-state index contributed by atoms with van der Waals surface area (Å²) in [5, 5.41) is 13.3. The Bertz CT molecular complexity index is 696. The normalized spacial score (nSPS) is 27.1. The van der Waals surface area contributed by atoms with Crippen molar-refractivity contribution >= 4 is 10.9 Å². The smallest absolute Gasteiger partial charge is 0.130 e. The maximum Gasteiger partial charge on any atom is 0.130 e. The van der Waals surface area contributed by atoms with E-state index in [1.807, 2.05) is 18.2 Å². The maximum atomic E-state index is 9.01. The Hall–Kier alpha value is -2.12. The lowest BCUT2D eigenvalue weighted by Gasteiger charge is -2.10. The van der Waals surface area contributed by atoms with E-state index in [2.05, 4.69) is 16.4 Å². The first-order chi connectivity index (χ1) is 9.86. The second-order valence-electron chi connectivity index (χ2n) is 5.61. The molecule has 1 unspecified atom stereocenters. The average Bonchev–Trinajstić information content (AvgIpc) is 2.93. The van der Waals surface area contributed by atoms with Crippen LogP contribution >= 0.6 is 0 Å². The average molecular weight is 265 g/mol. The predicted molar refractivity (Wildman–Crippen MR) is 75.3 cm³/mol. The lowest BCUT2D eigenvalue weighted by atomic mass is 10.1. The van der Waals surface area contributed by atoms with Gasteiger partial charge in [-0.3, -0.25) is 4.98 Å². The van der Waals surface area contributed by atoms with Crippen LogP contribution in [0.5, 0.6) is 5.75 Å². The van der Waals surface area contributed by atoms with Crippen molar-refractivity contribution in [2.45, 2.75) is 0 Å². The summed E-state index contributed by atoms with van der Waals surface area (Å²) in [6, 6.07) is 9.57. The molecule has 3 atom stereocenters. The van der Waals surface area contributed by atoms with Gasteiger partial charge in [0.2, 0.25) is 0 Å². The second kappa shape index (κ2) is 4.46. The number of aromatic nitrogens is 1. The topological polar surface area (TPSA) is 57.9 Å². The first kappa shape index (κ1) is 11.7. The fourth-order valence-electron chi connectivity index (χ4n) is 3.30. The summed E-state index contributed by atoms with van der Waals surface area (Å²) in [4.78, 5) is 4.32. The van der Waals surface area contributed by atoms with Gasteiger partial charge in [-0.05, 0) is 49.2 Å². The Morgan fingerprint density at radius 2 is 2.15 bits per heavy atom. The van der Waals surface area contributed by atoms with Crippen LogP contribution in [-0.2, 0) is 0 Å². The quantitative estimate of drug-likeness (QED) is 0.921. The van der Waals surface area contributed by atoms with E-state index >= 15 is 0 Å². The lowest BCUT2D eigenvalue weighted by molar-refractivity contribution is 0.283. The molecule has 20 heavy (non-hydrogen) atoms. The molecule has 2 aromatic rings. The minimum Gasteiger partial charge on any atom is -0.493 e. The van der Waals surface area contributed by atoms with Gasteiger partial charge in [0, 0.05) is 17.5 Å². The Morgan fingerprint density at radius 3 is 2.95 bits per heavy atom. The van der Waals surface area contributed by atoms with E-state index in [0.717, 1.165) is 48.2 Å². The van der Waals surface area contributed by atoms with E-state index in [-0.39, 0.29) is 0 Å². The molecule has 2 fully saturated rings. The van der Waals surface area contributed by atoms with Gasteiger partial charge in [0.25, 0.3) is 0 Å². The molecule has 100 valence electrons. The highest BCUT2D eigenvalue weighted by Crippen LogP contribution is 2.48. The van der Waals surface area contributed by atoms with Crippen LogP contribution in [-0.4, -0.2) is 24.7 Å². The van der Waals surface area contributed by atoms with E-state index in [4.69, 9.17) is 10.00 Å². The number of piperidine rings is 1. The van der Waals surface area contributed by atoms with Crippen LogP contribution in [0.15, 0.2) is 30.5 Å². The van der Waals surface area contributed by atoms with Crippen LogP contribution in [0.3, 0.4) is 0 Å². The van der Waals surface area contributed by atoms with Crippen LogP contribution < -0.4 is 10.1 Å². The number of hydrogen-bond donors (Lipinski definition) is 1. The molecule has 2 aliphatic rings. The molecule has 0 spiro atoms. The maximum absolute atomic E-state index is 9.01. The van der Waals surface area contributed by atoms with E-state index in [0.29, 0.717) is 11.5 Å². The van der Waals surface area contributed by atoms with Crippen molar-refractivity contribution in [2.24, 2.45) is 17.8 Å². The van der Waals surface area contributed by atoms with Crippen molar-refractivity contribution < 1.29 is 4.74 Å². The molecule has 4 rings (SSSR count). The Morgan fingerprint density at radius 1 is 1.30 bits per heavy atom. The fraction of sp³-hybridized carbons (Fsp3) is 0.375. The highest BCUT2D eigenvalue weighted by Gasteiger charge is 2.52. The molecule has 1 aromatic heterocycles. The zero-order chi connectivity index (χ0) is 13.5. The van der Waals surface area contributed by atoms with Gasteiger partial charge >= 0.3 is 0 Å². The molecule has 0 amide bonds. The van der Waals surface area contributed by atoms with Gasteiger partial charge in [-0.2, -0.15) is 5.26 Å². The highest BCUT2D eigenvalue weighted by molar-refractivity contribution is 5.86. The molecule has 1 aliphatic carbocycles. The number of nitrogens with zero attached hydrogens (tertiary/aromatic N) is 2. The van der Waals surface area contributed by atoms with Crippen LogP contribution in [0.4, 0.5) is 0 Å². The Balaban J connectivity index is 1.58. The summed E-state index contributed by atoms with van der Waals surface area (Å²) < 4.78 is 6.00. The minimum absolute atomic E-state index is 0.642. The summed E-state index contributed by atoms with van der Waals surface area (Å²) in [5.41, 5.74) is 1.52. The van der Waals surface area contributed by atoms with Gasteiger partial charge in [-0.1, -0.05) is 0 Å². The minimum atomic E-state index is 0.642. The molecule has 1 aromatic carbocycles. The monoisotopic (exact) mass is 265 g/mol. The molecule has 1 saturated heterocycles. The summed E-state index contributed by atoms with van der Waals surface area (Å²) in [6.07, 6.45) is 1.76. The zero-order valence-electron chi connectivity index (χ0n) is 11.0. The predicted octanol–water partition coefficient (Wildman–Crippen LogP) is 1.95. The molecule has 4 heteroatoms. The van der Waals surface area contributed by atoms with E-state index in [9.17, 15) is 0 Å². The number of rotatable bonds is 3. The fourth-order valence-corrected chi connectivity index (χ4v) is 3.30. The Labute approximate surface area is 117 Å². The second-order valence-corrected chi connectivity index (χ2v) is 5.61. The van der Waals surface area contributed by atoms with Crippen molar-refractivity contribution in [1.82, 2.24) is 10.3 Å². The molecule has 0 bridgehead atoms. The number of nitrogens with one attached hydrogen (secondary N) is 1. The number of ether oxygens (including phenoxy) is 1. The van der Waals surface area contributed by atoms with Crippen LogP contribution in [0.1, 0.15) is 5.56 Å². The van der Waals surface area contributed by atoms with Gasteiger partial charge in [0.05, 0.1) is 23.8 Å². The first-order valence-corrected chi connectivity index (χ1v) is 6.99. The third-order valence-corrected chi connectivity index (χ3v) is 4.53. The molecule has 0 radical (unpaired) electrons. The van der Waals surface area contributed by atoms with Crippen LogP contribution in [0, 0.1) is 29.1 Å². The van der Waals surface area contributed by atoms with Gasteiger partial charge in [-0.25, -0.2) is 0 Å². The van der Waals surface area contributed by atoms with Gasteiger partial charge in [-0.15, -0.1) is 0 Å². The Kier molecular flexibility index (Phi) is 2.61. The molecule has 2 heterocycles. The summed E-state index contributed by atoms with van der Waals surface area (Å²) in [5.74, 6) is 3.14. The molecule has 1 saturated carbocycles. The van der Waals surface area contributed by atoms with Gasteiger partial charge in [0.15, 0.2) is 0 Å². The molecule has 1 aliphatic heterocycles. The molecular formula is C16H15N3O.